The first-order valence-electron chi connectivity index (χ1n) is 20.4. The fourth-order valence-electron chi connectivity index (χ4n) is 7.56. The Labute approximate surface area is 363 Å². The molecule has 0 spiro atoms. The third kappa shape index (κ3) is 11.2. The van der Waals surface area contributed by atoms with Crippen LogP contribution in [0.2, 0.25) is 0 Å². The van der Waals surface area contributed by atoms with Crippen molar-refractivity contribution in [2.45, 2.75) is 22.1 Å². The van der Waals surface area contributed by atoms with Gasteiger partial charge in [-0.05, 0) is 0 Å². The first kappa shape index (κ1) is 41.7. The van der Waals surface area contributed by atoms with Crippen molar-refractivity contribution in [2.75, 3.05) is 12.3 Å². The third-order valence-corrected chi connectivity index (χ3v) is 24.1. The monoisotopic (exact) mass is 880 g/mol. The zero-order valence-corrected chi connectivity index (χ0v) is 37.7. The maximum atomic E-state index is 2.41. The Bertz CT molecular complexity index is 2040. The van der Waals surface area contributed by atoms with Gasteiger partial charge in [-0.15, -0.1) is 0 Å². The van der Waals surface area contributed by atoms with Gasteiger partial charge < -0.3 is 0 Å². The van der Waals surface area contributed by atoms with Crippen LogP contribution in [0.15, 0.2) is 243 Å². The molecule has 5 heteroatoms. The molecule has 8 aromatic carbocycles. The third-order valence-electron chi connectivity index (χ3n) is 10.3. The standard InChI is InChI=1S/2C27H25P2.Ni/c2*1-5-14-24(15-6-1)28(25-16-7-2-8-17-25)22-13-23-29(26-18-9-3-10-19-26)27-20-11-4-12-21-27;/h2*1-12,14-22H,13,23H2;. The van der Waals surface area contributed by atoms with Gasteiger partial charge in [-0.2, -0.15) is 0 Å². The van der Waals surface area contributed by atoms with Crippen molar-refractivity contribution < 1.29 is 14.4 Å². The molecular weight excluding hydrogens is 831 g/mol. The number of hydrogen-bond acceptors (Lipinski definition) is 0. The summed E-state index contributed by atoms with van der Waals surface area (Å²) in [5, 5.41) is 11.7. The fraction of sp³-hybridized carbons (Fsp3) is 0.111. The minimum absolute atomic E-state index is 0.418. The first-order chi connectivity index (χ1) is 29.3. The summed E-state index contributed by atoms with van der Waals surface area (Å²) in [7, 11) is -2.47. The molecule has 0 heterocycles. The molecule has 0 bridgehead atoms. The van der Waals surface area contributed by atoms with Gasteiger partial charge in [0.25, 0.3) is 0 Å². The predicted molar refractivity (Wildman–Crippen MR) is 263 cm³/mol. The van der Waals surface area contributed by atoms with Crippen LogP contribution in [0.1, 0.15) is 12.8 Å². The second kappa shape index (κ2) is 22.0. The number of hydrogen-bond donors (Lipinski definition) is 0. The van der Waals surface area contributed by atoms with E-state index in [4.69, 9.17) is 0 Å². The van der Waals surface area contributed by atoms with Gasteiger partial charge in [0.05, 0.1) is 0 Å². The molecule has 2 atom stereocenters. The molecule has 0 saturated carbocycles. The molecule has 8 aromatic rings. The molecule has 296 valence electrons. The summed E-state index contributed by atoms with van der Waals surface area (Å²) in [6.07, 6.45) is 4.57. The van der Waals surface area contributed by atoms with Gasteiger partial charge in [-0.3, -0.25) is 0 Å². The molecule has 0 radical (unpaired) electrons. The molecule has 0 amide bonds. The van der Waals surface area contributed by atoms with Crippen LogP contribution in [0.25, 0.3) is 0 Å². The summed E-state index contributed by atoms with van der Waals surface area (Å²) in [6.45, 7) is 0. The zero-order valence-electron chi connectivity index (χ0n) is 33.2. The van der Waals surface area contributed by atoms with Crippen molar-refractivity contribution in [3.8, 4) is 0 Å². The van der Waals surface area contributed by atoms with E-state index in [1.165, 1.54) is 42.4 Å². The molecule has 0 aliphatic rings. The molecule has 2 unspecified atom stereocenters. The van der Waals surface area contributed by atoms with Crippen molar-refractivity contribution in [2.24, 2.45) is 0 Å². The zero-order chi connectivity index (χ0) is 39.9. The normalized spacial score (nSPS) is 12.6. The summed E-state index contributed by atoms with van der Waals surface area (Å²) < 4.78 is 0.837. The van der Waals surface area contributed by atoms with Gasteiger partial charge in [0.1, 0.15) is 0 Å². The van der Waals surface area contributed by atoms with Gasteiger partial charge in [0.15, 0.2) is 0 Å². The Morgan fingerprint density at radius 2 is 0.441 bits per heavy atom. The van der Waals surface area contributed by atoms with Gasteiger partial charge in [-0.25, -0.2) is 0 Å². The van der Waals surface area contributed by atoms with Crippen LogP contribution in [-0.4, -0.2) is 21.6 Å². The van der Waals surface area contributed by atoms with Crippen molar-refractivity contribution in [1.29, 1.82) is 0 Å². The minimum atomic E-state index is -0.693. The van der Waals surface area contributed by atoms with Crippen LogP contribution in [0.3, 0.4) is 0 Å². The Hall–Kier alpha value is -4.03. The second-order valence-electron chi connectivity index (χ2n) is 14.2. The molecule has 0 aliphatic heterocycles. The van der Waals surface area contributed by atoms with E-state index in [2.05, 4.69) is 243 Å². The SMILES string of the molecule is c1ccc(P(CC[CH]([Ni][CH](CCP(c2ccccc2)c2ccccc2)P(c2ccccc2)c2ccccc2)P(c2ccccc2)c2ccccc2)c2ccccc2)cc1. The number of benzene rings is 8. The molecule has 0 saturated heterocycles. The van der Waals surface area contributed by atoms with Crippen LogP contribution in [-0.2, 0) is 14.4 Å². The summed E-state index contributed by atoms with van der Waals surface area (Å²) in [5.41, 5.74) is 0. The molecule has 59 heavy (non-hydrogen) atoms. The summed E-state index contributed by atoms with van der Waals surface area (Å²) in [5.74, 6) is 0. The van der Waals surface area contributed by atoms with Gasteiger partial charge in [0, 0.05) is 0 Å². The fourth-order valence-corrected chi connectivity index (χ4v) is 22.8. The van der Waals surface area contributed by atoms with Gasteiger partial charge >= 0.3 is 366 Å². The van der Waals surface area contributed by atoms with Crippen LogP contribution in [0.5, 0.6) is 0 Å². The van der Waals surface area contributed by atoms with E-state index in [9.17, 15) is 0 Å². The Morgan fingerprint density at radius 1 is 0.254 bits per heavy atom. The summed E-state index contributed by atoms with van der Waals surface area (Å²) >= 11 is 2.04. The van der Waals surface area contributed by atoms with Crippen molar-refractivity contribution in [3.63, 3.8) is 0 Å². The van der Waals surface area contributed by atoms with Crippen LogP contribution in [0, 0.1) is 0 Å². The molecule has 8 rings (SSSR count). The van der Waals surface area contributed by atoms with Gasteiger partial charge in [-0.1, -0.05) is 0 Å². The summed E-state index contributed by atoms with van der Waals surface area (Å²) in [4.78, 5) is 0. The second-order valence-corrected chi connectivity index (χ2v) is 26.1. The average molecular weight is 882 g/mol. The Kier molecular flexibility index (Phi) is 15.5. The van der Waals surface area contributed by atoms with Crippen LogP contribution >= 0.6 is 31.7 Å². The van der Waals surface area contributed by atoms with Crippen molar-refractivity contribution in [1.82, 2.24) is 0 Å². The van der Waals surface area contributed by atoms with E-state index in [0.717, 1.165) is 25.2 Å². The topological polar surface area (TPSA) is 0 Å². The van der Waals surface area contributed by atoms with E-state index < -0.39 is 31.7 Å². The molecule has 0 aliphatic carbocycles. The van der Waals surface area contributed by atoms with E-state index in [1.807, 2.05) is 14.4 Å². The molecule has 0 nitrogen and oxygen atoms in total. The maximum absolute atomic E-state index is 2.41. The van der Waals surface area contributed by atoms with Crippen molar-refractivity contribution >= 4 is 74.1 Å². The molecule has 0 fully saturated rings. The van der Waals surface area contributed by atoms with Crippen LogP contribution < -0.4 is 42.4 Å². The van der Waals surface area contributed by atoms with Crippen molar-refractivity contribution in [3.05, 3.63) is 243 Å². The van der Waals surface area contributed by atoms with E-state index in [-0.39, 0.29) is 0 Å². The van der Waals surface area contributed by atoms with E-state index >= 15 is 0 Å². The van der Waals surface area contributed by atoms with E-state index in [0.29, 0.717) is 9.26 Å². The quantitative estimate of drug-likeness (QED) is 0.0595. The molecule has 0 N–H and O–H groups in total. The average Bonchev–Trinajstić information content (AvgIpc) is 3.32. The first-order valence-corrected chi connectivity index (χ1v) is 27.4. The Balaban J connectivity index is 1.25. The van der Waals surface area contributed by atoms with Gasteiger partial charge in [0.2, 0.25) is 0 Å². The van der Waals surface area contributed by atoms with E-state index in [1.54, 1.807) is 0 Å². The molecule has 0 aromatic heterocycles. The van der Waals surface area contributed by atoms with Crippen LogP contribution in [0.4, 0.5) is 0 Å². The Morgan fingerprint density at radius 3 is 0.644 bits per heavy atom. The summed E-state index contributed by atoms with van der Waals surface area (Å²) in [6, 6.07) is 91.3. The predicted octanol–water partition coefficient (Wildman–Crippen LogP) is 11.0. The molecular formula is C54H50NiP4. The number of rotatable bonds is 18.